The maximum atomic E-state index is 12.4. The molecule has 1 aromatic heterocycles. The highest BCUT2D eigenvalue weighted by atomic mass is 35.5. The maximum Gasteiger partial charge on any atom is 0.280 e. The van der Waals surface area contributed by atoms with E-state index in [-0.39, 0.29) is 6.04 Å². The van der Waals surface area contributed by atoms with Crippen LogP contribution in [0.3, 0.4) is 0 Å². The number of halogens is 1. The van der Waals surface area contributed by atoms with Gasteiger partial charge in [-0.25, -0.2) is 0 Å². The van der Waals surface area contributed by atoms with Crippen molar-refractivity contribution in [3.63, 3.8) is 0 Å². The van der Waals surface area contributed by atoms with Crippen LogP contribution in [0.1, 0.15) is 24.1 Å². The van der Waals surface area contributed by atoms with Crippen molar-refractivity contribution in [3.05, 3.63) is 21.3 Å². The molecule has 1 aliphatic rings. The molecule has 0 radical (unpaired) electrons. The molecular weight excluding hydrogens is 318 g/mol. The summed E-state index contributed by atoms with van der Waals surface area (Å²) in [5.41, 5.74) is 0. The highest BCUT2D eigenvalue weighted by Crippen LogP contribution is 2.23. The fraction of sp³-hybridized carbons (Fsp3) is 0.667. The van der Waals surface area contributed by atoms with E-state index >= 15 is 0 Å². The van der Waals surface area contributed by atoms with E-state index in [0.717, 1.165) is 24.1 Å². The third kappa shape index (κ3) is 4.16. The summed E-state index contributed by atoms with van der Waals surface area (Å²) in [6, 6.07) is 3.66. The van der Waals surface area contributed by atoms with Crippen LogP contribution in [0.4, 0.5) is 0 Å². The predicted molar refractivity (Wildman–Crippen MR) is 83.4 cm³/mol. The van der Waals surface area contributed by atoms with Gasteiger partial charge in [-0.3, -0.25) is 0 Å². The molecule has 0 spiro atoms. The Balaban J connectivity index is 2.00. The molecule has 0 aliphatic carbocycles. The van der Waals surface area contributed by atoms with Gasteiger partial charge in [-0.2, -0.15) is 17.4 Å². The van der Waals surface area contributed by atoms with Gasteiger partial charge >= 0.3 is 0 Å². The van der Waals surface area contributed by atoms with Gasteiger partial charge in [0.2, 0.25) is 0 Å². The second kappa shape index (κ2) is 7.20. The summed E-state index contributed by atoms with van der Waals surface area (Å²) >= 11 is 7.24. The second-order valence-electron chi connectivity index (χ2n) is 4.85. The van der Waals surface area contributed by atoms with Crippen LogP contribution in [-0.2, 0) is 16.8 Å². The summed E-state index contributed by atoms with van der Waals surface area (Å²) in [4.78, 5) is 0.917. The van der Waals surface area contributed by atoms with Crippen LogP contribution in [-0.4, -0.2) is 38.9 Å². The lowest BCUT2D eigenvalue weighted by Crippen LogP contribution is -2.51. The van der Waals surface area contributed by atoms with E-state index in [9.17, 15) is 8.42 Å². The molecule has 2 heterocycles. The first-order valence-corrected chi connectivity index (χ1v) is 9.31. The van der Waals surface area contributed by atoms with Gasteiger partial charge in [0.05, 0.1) is 4.34 Å². The molecule has 114 valence electrons. The molecule has 2 N–H and O–H groups in total. The van der Waals surface area contributed by atoms with Crippen molar-refractivity contribution in [2.45, 2.75) is 31.8 Å². The lowest BCUT2D eigenvalue weighted by molar-refractivity contribution is 0.246. The Morgan fingerprint density at radius 3 is 2.90 bits per heavy atom. The minimum absolute atomic E-state index is 0.0400. The zero-order chi connectivity index (χ0) is 14.6. The number of piperidine rings is 1. The van der Waals surface area contributed by atoms with Crippen LogP contribution in [0.15, 0.2) is 12.1 Å². The summed E-state index contributed by atoms with van der Waals surface area (Å²) in [5, 5.41) is 3.07. The van der Waals surface area contributed by atoms with E-state index in [2.05, 4.69) is 10.0 Å². The van der Waals surface area contributed by atoms with Gasteiger partial charge in [0.15, 0.2) is 0 Å². The summed E-state index contributed by atoms with van der Waals surface area (Å²) in [5.74, 6) is 0. The highest BCUT2D eigenvalue weighted by molar-refractivity contribution is 7.87. The van der Waals surface area contributed by atoms with Crippen molar-refractivity contribution in [1.29, 1.82) is 0 Å². The first kappa shape index (κ1) is 16.2. The van der Waals surface area contributed by atoms with Crippen molar-refractivity contribution in [2.75, 3.05) is 20.1 Å². The molecule has 20 heavy (non-hydrogen) atoms. The zero-order valence-corrected chi connectivity index (χ0v) is 13.8. The van der Waals surface area contributed by atoms with Crippen LogP contribution in [0, 0.1) is 0 Å². The van der Waals surface area contributed by atoms with Gasteiger partial charge < -0.3 is 5.32 Å². The van der Waals surface area contributed by atoms with Gasteiger partial charge in [0.25, 0.3) is 10.2 Å². The topological polar surface area (TPSA) is 61.4 Å². The summed E-state index contributed by atoms with van der Waals surface area (Å²) < 4.78 is 29.7. The fourth-order valence-corrected chi connectivity index (χ4v) is 4.99. The number of rotatable bonds is 6. The summed E-state index contributed by atoms with van der Waals surface area (Å²) in [7, 11) is -1.59. The normalized spacial score (nSPS) is 21.2. The molecule has 1 atom stereocenters. The summed E-state index contributed by atoms with van der Waals surface area (Å²) in [6.07, 6.45) is 2.91. The smallest absolute Gasteiger partial charge is 0.280 e. The quantitative estimate of drug-likeness (QED) is 0.832. The second-order valence-corrected chi connectivity index (χ2v) is 8.36. The van der Waals surface area contributed by atoms with E-state index in [1.807, 2.05) is 13.1 Å². The van der Waals surface area contributed by atoms with E-state index in [1.165, 1.54) is 11.3 Å². The Kier molecular flexibility index (Phi) is 5.83. The average molecular weight is 338 g/mol. The molecule has 8 heteroatoms. The molecule has 1 unspecified atom stereocenters. The molecule has 5 nitrogen and oxygen atoms in total. The van der Waals surface area contributed by atoms with Crippen molar-refractivity contribution in [1.82, 2.24) is 14.3 Å². The Hall–Kier alpha value is -0.180. The van der Waals surface area contributed by atoms with Gasteiger partial charge in [0, 0.05) is 30.6 Å². The van der Waals surface area contributed by atoms with Crippen LogP contribution < -0.4 is 10.0 Å². The van der Waals surface area contributed by atoms with Crippen LogP contribution in [0.25, 0.3) is 0 Å². The van der Waals surface area contributed by atoms with Crippen molar-refractivity contribution >= 4 is 33.1 Å². The lowest BCUT2D eigenvalue weighted by Gasteiger charge is -2.34. The minimum atomic E-state index is -3.44. The molecule has 0 aromatic carbocycles. The third-order valence-corrected chi connectivity index (χ3v) is 6.22. The van der Waals surface area contributed by atoms with E-state index in [0.29, 0.717) is 24.0 Å². The van der Waals surface area contributed by atoms with Gasteiger partial charge in [-0.1, -0.05) is 18.0 Å². The van der Waals surface area contributed by atoms with Gasteiger partial charge in [-0.05, 0) is 32.0 Å². The van der Waals surface area contributed by atoms with Crippen molar-refractivity contribution in [3.8, 4) is 0 Å². The summed E-state index contributed by atoms with van der Waals surface area (Å²) in [6.45, 7) is 1.57. The zero-order valence-electron chi connectivity index (χ0n) is 11.4. The monoisotopic (exact) mass is 337 g/mol. The third-order valence-electron chi connectivity index (χ3n) is 3.38. The standard InChI is InChI=1S/C12H20ClN3O2S2/c1-14-8-10-4-2-3-7-16(10)20(17,18)15-9-11-5-6-12(13)19-11/h5-6,10,14-15H,2-4,7-9H2,1H3. The van der Waals surface area contributed by atoms with Crippen LogP contribution in [0.2, 0.25) is 4.34 Å². The van der Waals surface area contributed by atoms with Crippen LogP contribution in [0.5, 0.6) is 0 Å². The maximum absolute atomic E-state index is 12.4. The lowest BCUT2D eigenvalue weighted by atomic mass is 10.1. The predicted octanol–water partition coefficient (Wildman–Crippen LogP) is 1.81. The number of nitrogens with one attached hydrogen (secondary N) is 2. The molecular formula is C12H20ClN3O2S2. The first-order chi connectivity index (χ1) is 9.53. The van der Waals surface area contributed by atoms with Crippen LogP contribution >= 0.6 is 22.9 Å². The Bertz CT molecular complexity index is 531. The first-order valence-electron chi connectivity index (χ1n) is 6.68. The molecule has 1 aliphatic heterocycles. The van der Waals surface area contributed by atoms with E-state index in [4.69, 9.17) is 11.6 Å². The number of hydrogen-bond acceptors (Lipinski definition) is 4. The minimum Gasteiger partial charge on any atom is -0.318 e. The number of hydrogen-bond donors (Lipinski definition) is 2. The molecule has 0 saturated carbocycles. The molecule has 0 bridgehead atoms. The van der Waals surface area contributed by atoms with E-state index in [1.54, 1.807) is 10.4 Å². The highest BCUT2D eigenvalue weighted by Gasteiger charge is 2.31. The fourth-order valence-electron chi connectivity index (χ4n) is 2.42. The van der Waals surface area contributed by atoms with Crippen molar-refractivity contribution in [2.24, 2.45) is 0 Å². The number of likely N-dealkylation sites (N-methyl/N-ethyl adjacent to an activating group) is 1. The molecule has 1 fully saturated rings. The van der Waals surface area contributed by atoms with Crippen molar-refractivity contribution < 1.29 is 8.42 Å². The van der Waals surface area contributed by atoms with Gasteiger partial charge in [-0.15, -0.1) is 11.3 Å². The molecule has 1 aromatic rings. The van der Waals surface area contributed by atoms with Gasteiger partial charge in [0.1, 0.15) is 0 Å². The molecule has 0 amide bonds. The number of thiophene rings is 1. The Morgan fingerprint density at radius 1 is 1.45 bits per heavy atom. The Morgan fingerprint density at radius 2 is 2.25 bits per heavy atom. The molecule has 2 rings (SSSR count). The van der Waals surface area contributed by atoms with E-state index < -0.39 is 10.2 Å². The number of nitrogens with zero attached hydrogens (tertiary/aromatic N) is 1. The largest absolute Gasteiger partial charge is 0.318 e. The Labute approximate surface area is 129 Å². The molecule has 1 saturated heterocycles. The SMILES string of the molecule is CNCC1CCCCN1S(=O)(=O)NCc1ccc(Cl)s1. The average Bonchev–Trinajstić information content (AvgIpc) is 2.83.